The summed E-state index contributed by atoms with van der Waals surface area (Å²) in [5.74, 6) is -0.0579. The fourth-order valence-electron chi connectivity index (χ4n) is 2.02. The summed E-state index contributed by atoms with van der Waals surface area (Å²) in [6, 6.07) is 1.79. The van der Waals surface area contributed by atoms with Crippen LogP contribution in [0.1, 0.15) is 24.2 Å². The van der Waals surface area contributed by atoms with Gasteiger partial charge < -0.3 is 15.5 Å². The summed E-state index contributed by atoms with van der Waals surface area (Å²) >= 11 is 0. The fourth-order valence-corrected chi connectivity index (χ4v) is 2.02. The van der Waals surface area contributed by atoms with Crippen LogP contribution in [0.15, 0.2) is 18.5 Å². The molecule has 1 amide bonds. The van der Waals surface area contributed by atoms with Gasteiger partial charge in [-0.25, -0.2) is 0 Å². The van der Waals surface area contributed by atoms with Crippen LogP contribution in [0.5, 0.6) is 0 Å². The molecule has 2 N–H and O–H groups in total. The van der Waals surface area contributed by atoms with Crippen LogP contribution in [-0.2, 0) is 0 Å². The first-order chi connectivity index (χ1) is 8.47. The van der Waals surface area contributed by atoms with Crippen molar-refractivity contribution < 1.29 is 4.79 Å². The molecule has 0 spiro atoms. The first-order valence-corrected chi connectivity index (χ1v) is 6.12. The number of aromatic nitrogens is 1. The normalized spacial score (nSPS) is 12.5. The van der Waals surface area contributed by atoms with Crippen LogP contribution in [0.4, 0.5) is 5.69 Å². The minimum Gasteiger partial charge on any atom is -0.398 e. The third kappa shape index (κ3) is 3.43. The predicted octanol–water partition coefficient (Wildman–Crippen LogP) is 1.08. The van der Waals surface area contributed by atoms with E-state index in [0.717, 1.165) is 6.54 Å². The Morgan fingerprint density at radius 1 is 1.50 bits per heavy atom. The fraction of sp³-hybridized carbons (Fsp3) is 0.538. The minimum absolute atomic E-state index is 0.0579. The summed E-state index contributed by atoms with van der Waals surface area (Å²) in [6.45, 7) is 5.48. The molecule has 0 aliphatic heterocycles. The van der Waals surface area contributed by atoms with Gasteiger partial charge in [0.2, 0.25) is 0 Å². The van der Waals surface area contributed by atoms with E-state index in [9.17, 15) is 4.79 Å². The van der Waals surface area contributed by atoms with Crippen molar-refractivity contribution >= 4 is 11.6 Å². The number of nitrogens with zero attached hydrogens (tertiary/aromatic N) is 3. The topological polar surface area (TPSA) is 62.5 Å². The zero-order valence-electron chi connectivity index (χ0n) is 11.6. The smallest absolute Gasteiger partial charge is 0.257 e. The van der Waals surface area contributed by atoms with Crippen LogP contribution in [0.3, 0.4) is 0 Å². The molecule has 0 aromatic carbocycles. The lowest BCUT2D eigenvalue weighted by molar-refractivity contribution is 0.0679. The maximum Gasteiger partial charge on any atom is 0.257 e. The zero-order chi connectivity index (χ0) is 13.7. The van der Waals surface area contributed by atoms with E-state index in [1.165, 1.54) is 6.20 Å². The molecule has 0 saturated heterocycles. The van der Waals surface area contributed by atoms with E-state index in [-0.39, 0.29) is 11.9 Å². The lowest BCUT2D eigenvalue weighted by Crippen LogP contribution is -2.43. The van der Waals surface area contributed by atoms with E-state index < -0.39 is 0 Å². The van der Waals surface area contributed by atoms with Crippen LogP contribution in [0, 0.1) is 0 Å². The Morgan fingerprint density at radius 2 is 2.17 bits per heavy atom. The molecule has 0 fully saturated rings. The number of rotatable bonds is 5. The molecule has 100 valence electrons. The standard InChI is InChI=1S/C13H22N4O/c1-5-17(10(2)9-16(3)4)13(18)11-8-15-7-6-12(11)14/h6-8,10H,5,9H2,1-4H3,(H2,14,15). The number of carbonyl (C=O) groups excluding carboxylic acids is 1. The van der Waals surface area contributed by atoms with Crippen molar-refractivity contribution in [3.8, 4) is 0 Å². The average Bonchev–Trinajstić information content (AvgIpc) is 2.29. The summed E-state index contributed by atoms with van der Waals surface area (Å²) in [5, 5.41) is 0. The highest BCUT2D eigenvalue weighted by Crippen LogP contribution is 2.14. The minimum atomic E-state index is -0.0579. The van der Waals surface area contributed by atoms with Crippen molar-refractivity contribution in [1.29, 1.82) is 0 Å². The maximum atomic E-state index is 12.4. The van der Waals surface area contributed by atoms with E-state index in [1.807, 2.05) is 32.8 Å². The largest absolute Gasteiger partial charge is 0.398 e. The number of anilines is 1. The second-order valence-electron chi connectivity index (χ2n) is 4.67. The Balaban J connectivity index is 2.89. The monoisotopic (exact) mass is 250 g/mol. The summed E-state index contributed by atoms with van der Waals surface area (Å²) in [5.41, 5.74) is 6.77. The first kappa shape index (κ1) is 14.4. The third-order valence-corrected chi connectivity index (χ3v) is 2.85. The molecule has 0 radical (unpaired) electrons. The maximum absolute atomic E-state index is 12.4. The molecule has 1 aromatic rings. The lowest BCUT2D eigenvalue weighted by Gasteiger charge is -2.30. The predicted molar refractivity (Wildman–Crippen MR) is 73.4 cm³/mol. The van der Waals surface area contributed by atoms with Crippen LogP contribution in [0.2, 0.25) is 0 Å². The Labute approximate surface area is 109 Å². The molecular formula is C13H22N4O. The van der Waals surface area contributed by atoms with Gasteiger partial charge in [0.1, 0.15) is 0 Å². The first-order valence-electron chi connectivity index (χ1n) is 6.12. The van der Waals surface area contributed by atoms with Gasteiger partial charge in [-0.1, -0.05) is 0 Å². The van der Waals surface area contributed by atoms with E-state index in [1.54, 1.807) is 12.3 Å². The third-order valence-electron chi connectivity index (χ3n) is 2.85. The SMILES string of the molecule is CCN(C(=O)c1cnccc1N)C(C)CN(C)C. The molecule has 0 saturated carbocycles. The van der Waals surface area contributed by atoms with Gasteiger partial charge in [0.25, 0.3) is 5.91 Å². The highest BCUT2D eigenvalue weighted by Gasteiger charge is 2.22. The highest BCUT2D eigenvalue weighted by molar-refractivity contribution is 5.98. The van der Waals surface area contributed by atoms with Crippen molar-refractivity contribution in [2.45, 2.75) is 19.9 Å². The van der Waals surface area contributed by atoms with Gasteiger partial charge in [-0.3, -0.25) is 9.78 Å². The summed E-state index contributed by atoms with van der Waals surface area (Å²) in [7, 11) is 3.99. The molecule has 18 heavy (non-hydrogen) atoms. The molecule has 0 bridgehead atoms. The van der Waals surface area contributed by atoms with Gasteiger partial charge in [-0.05, 0) is 34.0 Å². The van der Waals surface area contributed by atoms with Crippen LogP contribution < -0.4 is 5.73 Å². The molecule has 1 heterocycles. The number of amides is 1. The molecule has 1 atom stereocenters. The van der Waals surface area contributed by atoms with Crippen LogP contribution in [-0.4, -0.2) is 53.9 Å². The average molecular weight is 250 g/mol. The van der Waals surface area contributed by atoms with Crippen molar-refractivity contribution in [2.75, 3.05) is 32.9 Å². The second-order valence-corrected chi connectivity index (χ2v) is 4.67. The Bertz CT molecular complexity index is 406. The molecule has 1 unspecified atom stereocenters. The molecule has 1 rings (SSSR count). The molecule has 5 heteroatoms. The zero-order valence-corrected chi connectivity index (χ0v) is 11.6. The van der Waals surface area contributed by atoms with E-state index in [2.05, 4.69) is 9.88 Å². The molecule has 0 aliphatic carbocycles. The van der Waals surface area contributed by atoms with E-state index in [0.29, 0.717) is 17.8 Å². The summed E-state index contributed by atoms with van der Waals surface area (Å²) < 4.78 is 0. The Morgan fingerprint density at radius 3 is 2.67 bits per heavy atom. The number of hydrogen-bond donors (Lipinski definition) is 1. The highest BCUT2D eigenvalue weighted by atomic mass is 16.2. The lowest BCUT2D eigenvalue weighted by atomic mass is 10.1. The van der Waals surface area contributed by atoms with Gasteiger partial charge in [-0.2, -0.15) is 0 Å². The molecular weight excluding hydrogens is 228 g/mol. The van der Waals surface area contributed by atoms with Gasteiger partial charge in [0.05, 0.1) is 5.56 Å². The van der Waals surface area contributed by atoms with Gasteiger partial charge in [0, 0.05) is 37.2 Å². The van der Waals surface area contributed by atoms with Gasteiger partial charge in [0.15, 0.2) is 0 Å². The Kier molecular flexibility index (Phi) is 5.09. The number of nitrogens with two attached hydrogens (primary N) is 1. The number of carbonyl (C=O) groups is 1. The van der Waals surface area contributed by atoms with Gasteiger partial charge in [-0.15, -0.1) is 0 Å². The number of pyridine rings is 1. The quantitative estimate of drug-likeness (QED) is 0.849. The van der Waals surface area contributed by atoms with Crippen molar-refractivity contribution in [1.82, 2.24) is 14.8 Å². The molecule has 1 aromatic heterocycles. The Hall–Kier alpha value is -1.62. The van der Waals surface area contributed by atoms with Gasteiger partial charge >= 0.3 is 0 Å². The molecule has 0 aliphatic rings. The van der Waals surface area contributed by atoms with Crippen LogP contribution >= 0.6 is 0 Å². The van der Waals surface area contributed by atoms with Crippen molar-refractivity contribution in [3.63, 3.8) is 0 Å². The summed E-state index contributed by atoms with van der Waals surface area (Å²) in [4.78, 5) is 20.2. The second kappa shape index (κ2) is 6.35. The van der Waals surface area contributed by atoms with Crippen molar-refractivity contribution in [3.05, 3.63) is 24.0 Å². The number of hydrogen-bond acceptors (Lipinski definition) is 4. The van der Waals surface area contributed by atoms with E-state index in [4.69, 9.17) is 5.73 Å². The van der Waals surface area contributed by atoms with E-state index >= 15 is 0 Å². The number of nitrogen functional groups attached to an aromatic ring is 1. The summed E-state index contributed by atoms with van der Waals surface area (Å²) in [6.07, 6.45) is 3.12. The molecule has 5 nitrogen and oxygen atoms in total. The van der Waals surface area contributed by atoms with Crippen molar-refractivity contribution in [2.24, 2.45) is 0 Å². The number of likely N-dealkylation sites (N-methyl/N-ethyl adjacent to an activating group) is 2. The van der Waals surface area contributed by atoms with Crippen LogP contribution in [0.25, 0.3) is 0 Å².